The fourth-order valence-electron chi connectivity index (χ4n) is 1.33. The highest BCUT2D eigenvalue weighted by molar-refractivity contribution is 5.82. The van der Waals surface area contributed by atoms with Gasteiger partial charge in [0.2, 0.25) is 0 Å². The van der Waals surface area contributed by atoms with Crippen molar-refractivity contribution in [3.05, 3.63) is 18.3 Å². The lowest BCUT2D eigenvalue weighted by atomic mass is 10.2. The molecule has 0 aliphatic carbocycles. The molecule has 1 aromatic carbocycles. The van der Waals surface area contributed by atoms with Crippen LogP contribution in [0.2, 0.25) is 0 Å². The molecule has 5 nitrogen and oxygen atoms in total. The average molecular weight is 193 g/mol. The third kappa shape index (κ3) is 1.22. The van der Waals surface area contributed by atoms with Gasteiger partial charge >= 0.3 is 0 Å². The van der Waals surface area contributed by atoms with Gasteiger partial charge < -0.3 is 15.6 Å². The Bertz CT molecular complexity index is 464. The van der Waals surface area contributed by atoms with Crippen molar-refractivity contribution in [1.29, 1.82) is 0 Å². The predicted octanol–water partition coefficient (Wildman–Crippen LogP) is 1.01. The molecule has 0 aliphatic rings. The summed E-state index contributed by atoms with van der Waals surface area (Å²) in [4.78, 5) is 1.56. The molecule has 0 atom stereocenters. The lowest BCUT2D eigenvalue weighted by Crippen LogP contribution is -2.14. The third-order valence-corrected chi connectivity index (χ3v) is 1.97. The molecule has 0 fully saturated rings. The van der Waals surface area contributed by atoms with Gasteiger partial charge in [0, 0.05) is 18.0 Å². The molecular weight excluding hydrogens is 182 g/mol. The second-order valence-corrected chi connectivity index (χ2v) is 2.97. The minimum Gasteiger partial charge on any atom is -0.504 e. The van der Waals surface area contributed by atoms with Gasteiger partial charge in [0.15, 0.2) is 11.5 Å². The summed E-state index contributed by atoms with van der Waals surface area (Å²) in [5, 5.41) is 23.4. The second-order valence-electron chi connectivity index (χ2n) is 2.97. The van der Waals surface area contributed by atoms with Crippen LogP contribution in [0, 0.1) is 0 Å². The number of aromatic hydroxyl groups is 2. The summed E-state index contributed by atoms with van der Waals surface area (Å²) in [7, 11) is 0. The fourth-order valence-corrected chi connectivity index (χ4v) is 1.33. The van der Waals surface area contributed by atoms with Gasteiger partial charge in [0.25, 0.3) is 0 Å². The number of fused-ring (bicyclic) bond motifs is 1. The SMILES string of the molecule is CCNn1ncc2cc(O)c(O)cc21. The lowest BCUT2D eigenvalue weighted by Gasteiger charge is -2.04. The second kappa shape index (κ2) is 3.10. The molecule has 0 saturated heterocycles. The van der Waals surface area contributed by atoms with Crippen molar-refractivity contribution in [1.82, 2.24) is 9.89 Å². The van der Waals surface area contributed by atoms with E-state index >= 15 is 0 Å². The molecule has 1 aromatic heterocycles. The van der Waals surface area contributed by atoms with Gasteiger partial charge in [-0.25, -0.2) is 0 Å². The van der Waals surface area contributed by atoms with Crippen LogP contribution in [0.3, 0.4) is 0 Å². The summed E-state index contributed by atoms with van der Waals surface area (Å²) < 4.78 is 0. The van der Waals surface area contributed by atoms with Crippen molar-refractivity contribution in [3.8, 4) is 11.5 Å². The molecule has 0 aliphatic heterocycles. The predicted molar refractivity (Wildman–Crippen MR) is 53.0 cm³/mol. The number of aromatic nitrogens is 2. The highest BCUT2D eigenvalue weighted by Gasteiger charge is 2.06. The Balaban J connectivity index is 2.61. The van der Waals surface area contributed by atoms with Crippen LogP contribution in [0.5, 0.6) is 11.5 Å². The molecule has 0 spiro atoms. The number of nitrogens with zero attached hydrogens (tertiary/aromatic N) is 2. The molecule has 2 rings (SSSR count). The molecule has 1 heterocycles. The van der Waals surface area contributed by atoms with E-state index < -0.39 is 0 Å². The van der Waals surface area contributed by atoms with E-state index in [1.807, 2.05) is 6.92 Å². The van der Waals surface area contributed by atoms with Crippen molar-refractivity contribution in [2.24, 2.45) is 0 Å². The molecule has 5 heteroatoms. The Kier molecular flexibility index (Phi) is 1.92. The molecule has 0 amide bonds. The van der Waals surface area contributed by atoms with Gasteiger partial charge in [0.1, 0.15) is 0 Å². The first-order valence-corrected chi connectivity index (χ1v) is 4.36. The van der Waals surface area contributed by atoms with Crippen molar-refractivity contribution in [2.45, 2.75) is 6.92 Å². The minimum atomic E-state index is -0.142. The molecule has 74 valence electrons. The molecule has 2 aromatic rings. The van der Waals surface area contributed by atoms with Gasteiger partial charge in [-0.15, -0.1) is 0 Å². The van der Waals surface area contributed by atoms with Gasteiger partial charge in [0.05, 0.1) is 11.7 Å². The number of hydrogen-bond acceptors (Lipinski definition) is 4. The van der Waals surface area contributed by atoms with E-state index in [1.165, 1.54) is 12.1 Å². The van der Waals surface area contributed by atoms with Crippen LogP contribution in [0.1, 0.15) is 6.92 Å². The molecule has 0 radical (unpaired) electrons. The quantitative estimate of drug-likeness (QED) is 0.622. The van der Waals surface area contributed by atoms with Gasteiger partial charge in [-0.1, -0.05) is 0 Å². The van der Waals surface area contributed by atoms with Crippen molar-refractivity contribution >= 4 is 10.9 Å². The van der Waals surface area contributed by atoms with E-state index in [9.17, 15) is 10.2 Å². The highest BCUT2D eigenvalue weighted by atomic mass is 16.3. The van der Waals surface area contributed by atoms with Gasteiger partial charge in [-0.3, -0.25) is 0 Å². The summed E-state index contributed by atoms with van der Waals surface area (Å²) in [6.07, 6.45) is 1.62. The summed E-state index contributed by atoms with van der Waals surface area (Å²) in [5.41, 5.74) is 3.73. The Morgan fingerprint density at radius 2 is 2.07 bits per heavy atom. The average Bonchev–Trinajstić information content (AvgIpc) is 2.51. The van der Waals surface area contributed by atoms with E-state index in [0.717, 1.165) is 17.4 Å². The molecule has 0 unspecified atom stereocenters. The molecule has 14 heavy (non-hydrogen) atoms. The largest absolute Gasteiger partial charge is 0.504 e. The zero-order chi connectivity index (χ0) is 10.1. The third-order valence-electron chi connectivity index (χ3n) is 1.97. The van der Waals surface area contributed by atoms with Crippen LogP contribution < -0.4 is 5.43 Å². The Labute approximate surface area is 80.6 Å². The lowest BCUT2D eigenvalue weighted by molar-refractivity contribution is 0.404. The van der Waals surface area contributed by atoms with Crippen LogP contribution in [0.15, 0.2) is 18.3 Å². The first-order valence-electron chi connectivity index (χ1n) is 4.36. The van der Waals surface area contributed by atoms with Crippen LogP contribution in [-0.4, -0.2) is 26.6 Å². The Morgan fingerprint density at radius 3 is 2.79 bits per heavy atom. The topological polar surface area (TPSA) is 70.3 Å². The summed E-state index contributed by atoms with van der Waals surface area (Å²) >= 11 is 0. The van der Waals surface area contributed by atoms with Crippen molar-refractivity contribution < 1.29 is 10.2 Å². The molecule has 0 saturated carbocycles. The number of phenols is 2. The van der Waals surface area contributed by atoms with E-state index in [1.54, 1.807) is 11.0 Å². The van der Waals surface area contributed by atoms with Crippen LogP contribution in [0.25, 0.3) is 10.9 Å². The van der Waals surface area contributed by atoms with Crippen molar-refractivity contribution in [3.63, 3.8) is 0 Å². The Hall–Kier alpha value is -1.91. The normalized spacial score (nSPS) is 10.6. The monoisotopic (exact) mass is 193 g/mol. The fraction of sp³-hybridized carbons (Fsp3) is 0.222. The number of phenolic OH excluding ortho intramolecular Hbond substituents is 2. The number of nitrogens with one attached hydrogen (secondary N) is 1. The van der Waals surface area contributed by atoms with Gasteiger partial charge in [-0.2, -0.15) is 9.89 Å². The van der Waals surface area contributed by atoms with E-state index in [2.05, 4.69) is 10.5 Å². The van der Waals surface area contributed by atoms with Crippen LogP contribution in [0.4, 0.5) is 0 Å². The van der Waals surface area contributed by atoms with Gasteiger partial charge in [-0.05, 0) is 13.0 Å². The summed E-state index contributed by atoms with van der Waals surface area (Å²) in [6.45, 7) is 2.69. The maximum atomic E-state index is 9.31. The first-order chi connectivity index (χ1) is 6.72. The maximum Gasteiger partial charge on any atom is 0.159 e. The molecule has 0 bridgehead atoms. The van der Waals surface area contributed by atoms with Crippen LogP contribution >= 0.6 is 0 Å². The minimum absolute atomic E-state index is 0.131. The summed E-state index contributed by atoms with van der Waals surface area (Å²) in [5.74, 6) is -0.272. The number of rotatable bonds is 2. The highest BCUT2D eigenvalue weighted by Crippen LogP contribution is 2.29. The Morgan fingerprint density at radius 1 is 1.36 bits per heavy atom. The molecular formula is C9H11N3O2. The molecule has 3 N–H and O–H groups in total. The van der Waals surface area contributed by atoms with Crippen molar-refractivity contribution in [2.75, 3.05) is 12.0 Å². The van der Waals surface area contributed by atoms with Crippen LogP contribution in [-0.2, 0) is 0 Å². The van der Waals surface area contributed by atoms with E-state index in [-0.39, 0.29) is 11.5 Å². The summed E-state index contributed by atoms with van der Waals surface area (Å²) in [6, 6.07) is 2.95. The smallest absolute Gasteiger partial charge is 0.159 e. The number of benzene rings is 1. The zero-order valence-electron chi connectivity index (χ0n) is 7.73. The maximum absolute atomic E-state index is 9.31. The van der Waals surface area contributed by atoms with E-state index in [4.69, 9.17) is 0 Å². The standard InChI is InChI=1S/C9H11N3O2/c1-2-10-12-7-4-9(14)8(13)3-6(7)5-11-12/h3-5,10,13-14H,2H2,1H3. The zero-order valence-corrected chi connectivity index (χ0v) is 7.73. The first kappa shape index (κ1) is 8.68. The van der Waals surface area contributed by atoms with E-state index in [0.29, 0.717) is 0 Å². The number of hydrogen-bond donors (Lipinski definition) is 3.